The highest BCUT2D eigenvalue weighted by atomic mass is 35.5. The summed E-state index contributed by atoms with van der Waals surface area (Å²) in [7, 11) is 1.31. The molecule has 2 aromatic rings. The van der Waals surface area contributed by atoms with Gasteiger partial charge in [-0.15, -0.1) is 5.10 Å². The van der Waals surface area contributed by atoms with Crippen molar-refractivity contribution >= 4 is 11.6 Å². The highest BCUT2D eigenvalue weighted by Crippen LogP contribution is 2.35. The van der Waals surface area contributed by atoms with Crippen molar-refractivity contribution in [3.63, 3.8) is 0 Å². The molecule has 1 aromatic heterocycles. The van der Waals surface area contributed by atoms with Crippen LogP contribution in [-0.2, 0) is 12.8 Å². The third kappa shape index (κ3) is 2.56. The number of aliphatic hydroxyl groups is 1. The molecule has 0 unspecified atom stereocenters. The molecule has 9 heteroatoms. The Morgan fingerprint density at radius 1 is 1.40 bits per heavy atom. The van der Waals surface area contributed by atoms with E-state index in [1.807, 2.05) is 0 Å². The van der Waals surface area contributed by atoms with Crippen LogP contribution >= 0.6 is 11.6 Å². The highest BCUT2D eigenvalue weighted by molar-refractivity contribution is 6.30. The maximum atomic E-state index is 13.1. The Balaban J connectivity index is 2.70. The summed E-state index contributed by atoms with van der Waals surface area (Å²) in [6.07, 6.45) is -4.73. The fourth-order valence-electron chi connectivity index (χ4n) is 1.70. The molecule has 5 nitrogen and oxygen atoms in total. The van der Waals surface area contributed by atoms with Gasteiger partial charge in [0.2, 0.25) is 0 Å². The van der Waals surface area contributed by atoms with Crippen LogP contribution in [0.5, 0.6) is 5.75 Å². The topological polar surface area (TPSA) is 60.2 Å². The highest BCUT2D eigenvalue weighted by Gasteiger charge is 2.40. The van der Waals surface area contributed by atoms with Gasteiger partial charge >= 0.3 is 6.18 Å². The predicted octanol–water partition coefficient (Wildman–Crippen LogP) is 2.44. The Labute approximate surface area is 116 Å². The van der Waals surface area contributed by atoms with Crippen LogP contribution in [0, 0.1) is 0 Å². The van der Waals surface area contributed by atoms with E-state index in [9.17, 15) is 13.2 Å². The van der Waals surface area contributed by atoms with E-state index in [-0.39, 0.29) is 16.5 Å². The second-order valence-corrected chi connectivity index (χ2v) is 4.21. The number of hydrogen-bond donors (Lipinski definition) is 1. The summed E-state index contributed by atoms with van der Waals surface area (Å²) in [6.45, 7) is -0.877. The second-order valence-electron chi connectivity index (χ2n) is 3.77. The van der Waals surface area contributed by atoms with Gasteiger partial charge in [0, 0.05) is 5.02 Å². The Morgan fingerprint density at radius 2 is 2.10 bits per heavy atom. The van der Waals surface area contributed by atoms with Gasteiger partial charge < -0.3 is 9.84 Å². The van der Waals surface area contributed by atoms with Gasteiger partial charge in [-0.1, -0.05) is 16.8 Å². The number of methoxy groups -OCH3 is 1. The number of halogens is 4. The van der Waals surface area contributed by atoms with Crippen molar-refractivity contribution in [2.24, 2.45) is 0 Å². The quantitative estimate of drug-likeness (QED) is 0.946. The lowest BCUT2D eigenvalue weighted by Gasteiger charge is -2.13. The summed E-state index contributed by atoms with van der Waals surface area (Å²) in [5.41, 5.74) is -1.75. The van der Waals surface area contributed by atoms with Crippen molar-refractivity contribution in [3.8, 4) is 11.4 Å². The lowest BCUT2D eigenvalue weighted by molar-refractivity contribution is -0.144. The fourth-order valence-corrected chi connectivity index (χ4v) is 1.87. The minimum atomic E-state index is -4.73. The maximum absolute atomic E-state index is 13.1. The number of benzene rings is 1. The third-order valence-electron chi connectivity index (χ3n) is 2.53. The van der Waals surface area contributed by atoms with Crippen molar-refractivity contribution in [1.82, 2.24) is 15.0 Å². The van der Waals surface area contributed by atoms with Crippen LogP contribution in [0.1, 0.15) is 11.4 Å². The van der Waals surface area contributed by atoms with Crippen molar-refractivity contribution in [2.75, 3.05) is 7.11 Å². The molecule has 2 rings (SSSR count). The molecule has 0 aliphatic carbocycles. The van der Waals surface area contributed by atoms with E-state index in [0.29, 0.717) is 4.68 Å². The molecule has 0 spiro atoms. The molecule has 1 N–H and O–H groups in total. The number of aromatic nitrogens is 3. The number of alkyl halides is 3. The van der Waals surface area contributed by atoms with Gasteiger partial charge in [-0.3, -0.25) is 0 Å². The molecule has 0 radical (unpaired) electrons. The van der Waals surface area contributed by atoms with Crippen molar-refractivity contribution in [1.29, 1.82) is 0 Å². The van der Waals surface area contributed by atoms with E-state index >= 15 is 0 Å². The van der Waals surface area contributed by atoms with Gasteiger partial charge in [0.25, 0.3) is 0 Å². The molecule has 1 aromatic carbocycles. The van der Waals surface area contributed by atoms with Crippen molar-refractivity contribution < 1.29 is 23.0 Å². The lowest BCUT2D eigenvalue weighted by Crippen LogP contribution is -2.16. The van der Waals surface area contributed by atoms with Gasteiger partial charge in [-0.05, 0) is 18.2 Å². The van der Waals surface area contributed by atoms with Gasteiger partial charge in [-0.2, -0.15) is 13.2 Å². The first kappa shape index (κ1) is 14.6. The Morgan fingerprint density at radius 3 is 2.65 bits per heavy atom. The van der Waals surface area contributed by atoms with Gasteiger partial charge in [0.1, 0.15) is 17.1 Å². The molecule has 0 fully saturated rings. The summed E-state index contributed by atoms with van der Waals surface area (Å²) in [6, 6.07) is 4.16. The van der Waals surface area contributed by atoms with E-state index in [1.54, 1.807) is 0 Å². The van der Waals surface area contributed by atoms with E-state index in [1.165, 1.54) is 25.3 Å². The molecule has 0 saturated heterocycles. The summed E-state index contributed by atoms with van der Waals surface area (Å²) in [4.78, 5) is 0. The zero-order valence-corrected chi connectivity index (χ0v) is 10.9. The summed E-state index contributed by atoms with van der Waals surface area (Å²) >= 11 is 5.78. The minimum absolute atomic E-state index is 0.0143. The number of ether oxygens (including phenoxy) is 1. The maximum Gasteiger partial charge on any atom is 0.435 e. The molecule has 0 aliphatic rings. The monoisotopic (exact) mass is 307 g/mol. The van der Waals surface area contributed by atoms with Gasteiger partial charge in [0.05, 0.1) is 13.7 Å². The summed E-state index contributed by atoms with van der Waals surface area (Å²) in [5.74, 6) is 0.147. The van der Waals surface area contributed by atoms with E-state index in [4.69, 9.17) is 21.4 Å². The Kier molecular flexibility index (Phi) is 3.87. The first-order chi connectivity index (χ1) is 9.38. The summed E-state index contributed by atoms with van der Waals surface area (Å²) in [5, 5.41) is 15.9. The zero-order chi connectivity index (χ0) is 14.9. The SMILES string of the molecule is COc1ccc(Cl)cc1-n1nnc(CO)c1C(F)(F)F. The second kappa shape index (κ2) is 5.29. The smallest absolute Gasteiger partial charge is 0.435 e. The fraction of sp³-hybridized carbons (Fsp3) is 0.273. The van der Waals surface area contributed by atoms with Crippen LogP contribution < -0.4 is 4.74 Å². The molecule has 0 aliphatic heterocycles. The van der Waals surface area contributed by atoms with E-state index in [2.05, 4.69) is 10.3 Å². The van der Waals surface area contributed by atoms with Gasteiger partial charge in [-0.25, -0.2) is 4.68 Å². The molecule has 108 valence electrons. The number of hydrogen-bond acceptors (Lipinski definition) is 4. The molecule has 0 saturated carbocycles. The molecule has 0 atom stereocenters. The van der Waals surface area contributed by atoms with Crippen molar-refractivity contribution in [2.45, 2.75) is 12.8 Å². The number of nitrogens with zero attached hydrogens (tertiary/aromatic N) is 3. The predicted molar refractivity (Wildman–Crippen MR) is 63.8 cm³/mol. The zero-order valence-electron chi connectivity index (χ0n) is 10.1. The average Bonchev–Trinajstić information content (AvgIpc) is 2.82. The van der Waals surface area contributed by atoms with Crippen LogP contribution in [0.15, 0.2) is 18.2 Å². The third-order valence-corrected chi connectivity index (χ3v) is 2.76. The molecule has 1 heterocycles. The molecule has 0 amide bonds. The normalized spacial score (nSPS) is 11.7. The summed E-state index contributed by atoms with van der Waals surface area (Å²) < 4.78 is 44.7. The van der Waals surface area contributed by atoms with Crippen LogP contribution in [0.25, 0.3) is 5.69 Å². The van der Waals surface area contributed by atoms with Crippen molar-refractivity contribution in [3.05, 3.63) is 34.6 Å². The average molecular weight is 308 g/mol. The molecular formula is C11H9ClF3N3O2. The largest absolute Gasteiger partial charge is 0.494 e. The minimum Gasteiger partial charge on any atom is -0.494 e. The molecular weight excluding hydrogens is 299 g/mol. The van der Waals surface area contributed by atoms with Crippen LogP contribution in [0.4, 0.5) is 13.2 Å². The molecule has 0 bridgehead atoms. The van der Waals surface area contributed by atoms with Crippen LogP contribution in [0.3, 0.4) is 0 Å². The van der Waals surface area contributed by atoms with E-state index in [0.717, 1.165) is 0 Å². The molecule has 20 heavy (non-hydrogen) atoms. The first-order valence-electron chi connectivity index (χ1n) is 5.35. The first-order valence-corrected chi connectivity index (χ1v) is 5.72. The lowest BCUT2D eigenvalue weighted by atomic mass is 10.2. The Bertz CT molecular complexity index is 628. The van der Waals surface area contributed by atoms with Crippen LogP contribution in [0.2, 0.25) is 5.02 Å². The Hall–Kier alpha value is -1.80. The number of rotatable bonds is 3. The van der Waals surface area contributed by atoms with Crippen LogP contribution in [-0.4, -0.2) is 27.2 Å². The standard InChI is InChI=1S/C11H9ClF3N3O2/c1-20-9-3-2-6(12)4-8(9)18-10(11(13,14)15)7(5-19)16-17-18/h2-4,19H,5H2,1H3. The van der Waals surface area contributed by atoms with Gasteiger partial charge in [0.15, 0.2) is 5.69 Å². The number of aliphatic hydroxyl groups excluding tert-OH is 1. The van der Waals surface area contributed by atoms with E-state index < -0.39 is 24.2 Å².